The third-order valence-electron chi connectivity index (χ3n) is 2.19. The van der Waals surface area contributed by atoms with E-state index in [2.05, 4.69) is 5.32 Å². The van der Waals surface area contributed by atoms with Gasteiger partial charge in [0.15, 0.2) is 9.84 Å². The first-order valence-electron chi connectivity index (χ1n) is 5.20. The maximum Gasteiger partial charge on any atom is 0.189 e. The molecule has 1 aromatic heterocycles. The summed E-state index contributed by atoms with van der Waals surface area (Å²) >= 11 is 1.23. The Balaban J connectivity index is 2.70. The van der Waals surface area contributed by atoms with E-state index in [9.17, 15) is 8.42 Å². The zero-order valence-electron chi connectivity index (χ0n) is 9.22. The van der Waals surface area contributed by atoms with Crippen LogP contribution in [0.1, 0.15) is 13.3 Å². The third-order valence-corrected chi connectivity index (χ3v) is 5.49. The second-order valence-electron chi connectivity index (χ2n) is 3.48. The summed E-state index contributed by atoms with van der Waals surface area (Å²) in [5, 5.41) is 13.7. The zero-order valence-corrected chi connectivity index (χ0v) is 10.9. The van der Waals surface area contributed by atoms with Crippen molar-refractivity contribution >= 4 is 21.2 Å². The van der Waals surface area contributed by atoms with E-state index in [1.54, 1.807) is 17.5 Å². The summed E-state index contributed by atoms with van der Waals surface area (Å²) in [4.78, 5) is 0. The average molecular weight is 263 g/mol. The molecule has 1 heterocycles. The van der Waals surface area contributed by atoms with E-state index in [0.717, 1.165) is 0 Å². The molecule has 0 aliphatic heterocycles. The largest absolute Gasteiger partial charge is 0.396 e. The number of nitrogens with one attached hydrogen (secondary N) is 1. The summed E-state index contributed by atoms with van der Waals surface area (Å²) in [5.41, 5.74) is 0. The molecule has 4 nitrogen and oxygen atoms in total. The average Bonchev–Trinajstić information content (AvgIpc) is 2.71. The van der Waals surface area contributed by atoms with Gasteiger partial charge in [-0.05, 0) is 24.4 Å². The molecule has 0 amide bonds. The fraction of sp³-hybridized carbons (Fsp3) is 0.600. The normalized spacial score (nSPS) is 13.9. The zero-order chi connectivity index (χ0) is 12.0. The van der Waals surface area contributed by atoms with Gasteiger partial charge in [0.2, 0.25) is 0 Å². The van der Waals surface area contributed by atoms with Crippen molar-refractivity contribution in [2.75, 3.05) is 18.9 Å². The van der Waals surface area contributed by atoms with E-state index in [1.165, 1.54) is 11.3 Å². The van der Waals surface area contributed by atoms with E-state index < -0.39 is 9.84 Å². The summed E-state index contributed by atoms with van der Waals surface area (Å²) in [7, 11) is -3.22. The summed E-state index contributed by atoms with van der Waals surface area (Å²) in [6.45, 7) is 2.62. The highest BCUT2D eigenvalue weighted by molar-refractivity contribution is 7.93. The van der Waals surface area contributed by atoms with Crippen LogP contribution < -0.4 is 5.32 Å². The third kappa shape index (κ3) is 3.86. The van der Waals surface area contributed by atoms with Gasteiger partial charge < -0.3 is 10.4 Å². The fourth-order valence-electron chi connectivity index (χ4n) is 1.48. The smallest absolute Gasteiger partial charge is 0.189 e. The molecule has 0 aliphatic rings. The van der Waals surface area contributed by atoms with Crippen LogP contribution in [-0.2, 0) is 9.84 Å². The van der Waals surface area contributed by atoms with Crippen LogP contribution in [0.3, 0.4) is 0 Å². The Morgan fingerprint density at radius 2 is 2.31 bits per heavy atom. The maximum absolute atomic E-state index is 11.9. The van der Waals surface area contributed by atoms with E-state index in [-0.39, 0.29) is 18.4 Å². The minimum absolute atomic E-state index is 0.00235. The molecule has 1 aromatic rings. The molecule has 0 radical (unpaired) electrons. The Kier molecular flexibility index (Phi) is 5.40. The Morgan fingerprint density at radius 3 is 2.81 bits per heavy atom. The van der Waals surface area contributed by atoms with Crippen molar-refractivity contribution < 1.29 is 13.5 Å². The van der Waals surface area contributed by atoms with Gasteiger partial charge in [-0.3, -0.25) is 0 Å². The lowest BCUT2D eigenvalue weighted by atomic mass is 10.2. The molecular formula is C10H17NO3S2. The number of aliphatic hydroxyl groups is 1. The minimum Gasteiger partial charge on any atom is -0.396 e. The Bertz CT molecular complexity index is 380. The molecule has 0 aliphatic carbocycles. The molecule has 16 heavy (non-hydrogen) atoms. The van der Waals surface area contributed by atoms with Crippen molar-refractivity contribution in [2.24, 2.45) is 0 Å². The van der Waals surface area contributed by atoms with E-state index in [4.69, 9.17) is 5.11 Å². The van der Waals surface area contributed by atoms with Gasteiger partial charge in [0.05, 0.1) is 5.75 Å². The lowest BCUT2D eigenvalue weighted by Gasteiger charge is -2.15. The van der Waals surface area contributed by atoms with Crippen molar-refractivity contribution in [2.45, 2.75) is 23.6 Å². The number of hydrogen-bond acceptors (Lipinski definition) is 5. The van der Waals surface area contributed by atoms with Crippen LogP contribution in [0.5, 0.6) is 0 Å². The minimum atomic E-state index is -3.22. The molecule has 0 aromatic carbocycles. The van der Waals surface area contributed by atoms with Gasteiger partial charge in [-0.1, -0.05) is 13.0 Å². The van der Waals surface area contributed by atoms with Crippen LogP contribution in [-0.4, -0.2) is 38.5 Å². The van der Waals surface area contributed by atoms with Gasteiger partial charge >= 0.3 is 0 Å². The fourth-order valence-corrected chi connectivity index (χ4v) is 4.15. The predicted molar refractivity (Wildman–Crippen MR) is 65.5 cm³/mol. The van der Waals surface area contributed by atoms with Crippen molar-refractivity contribution in [1.29, 1.82) is 0 Å². The standard InChI is InChI=1S/C10H17NO3S2/c1-2-11-9(5-6-12)8-16(13,14)10-4-3-7-15-10/h3-4,7,9,11-12H,2,5-6,8H2,1H3. The first kappa shape index (κ1) is 13.6. The SMILES string of the molecule is CCNC(CCO)CS(=O)(=O)c1cccs1. The number of thiophene rings is 1. The topological polar surface area (TPSA) is 66.4 Å². The highest BCUT2D eigenvalue weighted by atomic mass is 32.2. The molecule has 1 atom stereocenters. The van der Waals surface area contributed by atoms with Crippen LogP contribution in [0.25, 0.3) is 0 Å². The van der Waals surface area contributed by atoms with E-state index in [1.807, 2.05) is 6.92 Å². The van der Waals surface area contributed by atoms with Crippen LogP contribution in [0.4, 0.5) is 0 Å². The van der Waals surface area contributed by atoms with Crippen LogP contribution in [0, 0.1) is 0 Å². The molecule has 1 unspecified atom stereocenters. The van der Waals surface area contributed by atoms with Crippen molar-refractivity contribution in [1.82, 2.24) is 5.32 Å². The molecule has 0 fully saturated rings. The first-order valence-corrected chi connectivity index (χ1v) is 7.74. The molecule has 6 heteroatoms. The monoisotopic (exact) mass is 263 g/mol. The molecular weight excluding hydrogens is 246 g/mol. The quantitative estimate of drug-likeness (QED) is 0.766. The Labute approximate surface area is 100 Å². The maximum atomic E-state index is 11.9. The van der Waals surface area contributed by atoms with Crippen LogP contribution in [0.15, 0.2) is 21.7 Å². The number of rotatable bonds is 7. The highest BCUT2D eigenvalue weighted by Crippen LogP contribution is 2.18. The number of sulfone groups is 1. The first-order chi connectivity index (χ1) is 7.60. The molecule has 0 spiro atoms. The van der Waals surface area contributed by atoms with Gasteiger partial charge in [-0.15, -0.1) is 11.3 Å². The van der Waals surface area contributed by atoms with Gasteiger partial charge in [-0.25, -0.2) is 8.42 Å². The van der Waals surface area contributed by atoms with Gasteiger partial charge in [-0.2, -0.15) is 0 Å². The molecule has 0 saturated heterocycles. The molecule has 92 valence electrons. The molecule has 1 rings (SSSR count). The van der Waals surface area contributed by atoms with Crippen molar-refractivity contribution in [3.05, 3.63) is 17.5 Å². The Hall–Kier alpha value is -0.430. The lowest BCUT2D eigenvalue weighted by Crippen LogP contribution is -2.36. The van der Waals surface area contributed by atoms with Gasteiger partial charge in [0.1, 0.15) is 4.21 Å². The second kappa shape index (κ2) is 6.34. The van der Waals surface area contributed by atoms with Crippen LogP contribution >= 0.6 is 11.3 Å². The summed E-state index contributed by atoms with van der Waals surface area (Å²) in [5.74, 6) is 0.0436. The lowest BCUT2D eigenvalue weighted by molar-refractivity contribution is 0.270. The van der Waals surface area contributed by atoms with E-state index >= 15 is 0 Å². The number of aliphatic hydroxyl groups excluding tert-OH is 1. The van der Waals surface area contributed by atoms with Crippen LogP contribution in [0.2, 0.25) is 0 Å². The second-order valence-corrected chi connectivity index (χ2v) is 6.69. The van der Waals surface area contributed by atoms with Gasteiger partial charge in [0, 0.05) is 12.6 Å². The summed E-state index contributed by atoms with van der Waals surface area (Å²) in [6.07, 6.45) is 0.457. The van der Waals surface area contributed by atoms with Gasteiger partial charge in [0.25, 0.3) is 0 Å². The molecule has 0 bridgehead atoms. The number of hydrogen-bond donors (Lipinski definition) is 2. The summed E-state index contributed by atoms with van der Waals surface area (Å²) < 4.78 is 24.3. The molecule has 2 N–H and O–H groups in total. The molecule has 0 saturated carbocycles. The predicted octanol–water partition coefficient (Wildman–Crippen LogP) is 0.882. The highest BCUT2D eigenvalue weighted by Gasteiger charge is 2.21. The van der Waals surface area contributed by atoms with Crippen molar-refractivity contribution in [3.8, 4) is 0 Å². The van der Waals surface area contributed by atoms with E-state index in [0.29, 0.717) is 17.2 Å². The Morgan fingerprint density at radius 1 is 1.56 bits per heavy atom. The van der Waals surface area contributed by atoms with Crippen molar-refractivity contribution in [3.63, 3.8) is 0 Å². The summed E-state index contributed by atoms with van der Waals surface area (Å²) in [6, 6.07) is 3.16.